The third kappa shape index (κ3) is 5.03. The van der Waals surface area contributed by atoms with Gasteiger partial charge >= 0.3 is 12.2 Å². The molecule has 3 aromatic rings. The van der Waals surface area contributed by atoms with Gasteiger partial charge in [0, 0.05) is 18.8 Å². The molecule has 17 heteroatoms. The van der Waals surface area contributed by atoms with E-state index in [1.807, 2.05) is 0 Å². The number of hydrogen-bond acceptors (Lipinski definition) is 7. The Morgan fingerprint density at radius 3 is 2.54 bits per heavy atom. The lowest BCUT2D eigenvalue weighted by molar-refractivity contribution is -0.181. The molecule has 11 nitrogen and oxygen atoms in total. The second-order valence-electron chi connectivity index (χ2n) is 11.6. The van der Waals surface area contributed by atoms with Gasteiger partial charge in [0.2, 0.25) is 0 Å². The zero-order valence-corrected chi connectivity index (χ0v) is 25.6. The van der Waals surface area contributed by atoms with E-state index in [0.29, 0.717) is 11.6 Å². The van der Waals surface area contributed by atoms with Crippen LogP contribution in [0.3, 0.4) is 0 Å². The van der Waals surface area contributed by atoms with Crippen LogP contribution in [0.15, 0.2) is 40.9 Å². The van der Waals surface area contributed by atoms with Crippen molar-refractivity contribution in [2.45, 2.75) is 57.4 Å². The normalized spacial score (nSPS) is 19.8. The van der Waals surface area contributed by atoms with Crippen molar-refractivity contribution in [3.63, 3.8) is 0 Å². The quantitative estimate of drug-likeness (QED) is 0.382. The van der Waals surface area contributed by atoms with Crippen LogP contribution in [-0.2, 0) is 5.41 Å². The van der Waals surface area contributed by atoms with Gasteiger partial charge in [-0.25, -0.2) is 29.4 Å². The average Bonchev–Trinajstić information content (AvgIpc) is 3.53. The molecular formula is C24H28Cl2F3N9O2Si. The van der Waals surface area contributed by atoms with Crippen LogP contribution in [-0.4, -0.2) is 69.0 Å². The summed E-state index contributed by atoms with van der Waals surface area (Å²) in [7, 11) is -2.09. The van der Waals surface area contributed by atoms with Crippen LogP contribution >= 0.6 is 23.2 Å². The summed E-state index contributed by atoms with van der Waals surface area (Å²) in [4.78, 5) is 22.8. The van der Waals surface area contributed by atoms with E-state index in [-0.39, 0.29) is 38.9 Å². The van der Waals surface area contributed by atoms with Crippen LogP contribution in [0.4, 0.5) is 23.7 Å². The number of alkyl halides is 3. The first-order valence-electron chi connectivity index (χ1n) is 12.5. The molecule has 0 radical (unpaired) electrons. The predicted molar refractivity (Wildman–Crippen MR) is 151 cm³/mol. The molecule has 0 aliphatic carbocycles. The Kier molecular flexibility index (Phi) is 6.86. The lowest BCUT2D eigenvalue weighted by Gasteiger charge is -2.35. The first kappa shape index (κ1) is 29.2. The number of fused-ring (bicyclic) bond motifs is 3. The number of halogens is 5. The number of nitrogens with one attached hydrogen (secondary N) is 1. The van der Waals surface area contributed by atoms with Crippen LogP contribution in [0, 0.1) is 0 Å². The van der Waals surface area contributed by atoms with Gasteiger partial charge < -0.3 is 4.43 Å². The molecule has 2 aliphatic heterocycles. The highest BCUT2D eigenvalue weighted by molar-refractivity contribution is 6.74. The van der Waals surface area contributed by atoms with Gasteiger partial charge in [-0.15, -0.1) is 0 Å². The molecule has 0 unspecified atom stereocenters. The Bertz CT molecular complexity index is 1590. The number of anilines is 1. The molecule has 0 fully saturated rings. The Balaban J connectivity index is 1.34. The van der Waals surface area contributed by atoms with Gasteiger partial charge in [0.1, 0.15) is 22.9 Å². The largest absolute Gasteiger partial charge is 0.541 e. The van der Waals surface area contributed by atoms with Crippen molar-refractivity contribution < 1.29 is 22.4 Å². The molecule has 1 atom stereocenters. The van der Waals surface area contributed by atoms with E-state index in [2.05, 4.69) is 59.5 Å². The number of aliphatic imine (C=N–C) groups is 1. The summed E-state index contributed by atoms with van der Waals surface area (Å²) in [5.74, 6) is 0.904. The number of carbonyl (C=O) groups is 1. The second-order valence-corrected chi connectivity index (χ2v) is 17.1. The third-order valence-electron chi connectivity index (χ3n) is 7.64. The van der Waals surface area contributed by atoms with Gasteiger partial charge in [-0.05, 0) is 25.1 Å². The Morgan fingerprint density at radius 1 is 1.20 bits per heavy atom. The summed E-state index contributed by atoms with van der Waals surface area (Å²) in [6.45, 7) is 10.9. The van der Waals surface area contributed by atoms with Crippen molar-refractivity contribution in [3.05, 3.63) is 46.7 Å². The van der Waals surface area contributed by atoms with E-state index in [0.717, 1.165) is 16.3 Å². The van der Waals surface area contributed by atoms with Gasteiger partial charge in [-0.3, -0.25) is 9.91 Å². The fourth-order valence-electron chi connectivity index (χ4n) is 4.30. The Labute approximate surface area is 244 Å². The van der Waals surface area contributed by atoms with Crippen LogP contribution in [0.1, 0.15) is 33.4 Å². The fraction of sp³-hybridized carbons (Fsp3) is 0.458. The number of nitrogens with zero attached hydrogens (tertiary/aromatic N) is 8. The number of urea groups is 1. The minimum atomic E-state index is -4.70. The zero-order valence-electron chi connectivity index (χ0n) is 23.1. The number of hydrazine groups is 1. The molecule has 0 saturated heterocycles. The van der Waals surface area contributed by atoms with Crippen LogP contribution in [0.5, 0.6) is 5.75 Å². The van der Waals surface area contributed by atoms with E-state index in [1.165, 1.54) is 28.2 Å². The van der Waals surface area contributed by atoms with E-state index in [9.17, 15) is 18.0 Å². The molecule has 0 bridgehead atoms. The summed E-state index contributed by atoms with van der Waals surface area (Å²) >= 11 is 12.4. The molecule has 0 aromatic carbocycles. The standard InChI is InChI=1S/C24H28Cl2F3N9O2Si/c1-22(2,3)41(5,6)40-14-8-32-37(10-14)20-15(25)11-35(13-31-20)34-21(39)36-12-23(4,24(27,28)29)19-16(36)9-30-18-7-17(26)33-38(18)19/h7-11H,12-13H2,1-6H3,(H,34,39)/t23-/m1/s1. The van der Waals surface area contributed by atoms with Crippen LogP contribution < -0.4 is 14.8 Å². The lowest BCUT2D eigenvalue weighted by atomic mass is 9.88. The molecule has 1 N–H and O–H groups in total. The summed E-state index contributed by atoms with van der Waals surface area (Å²) in [5.41, 5.74) is -0.0241. The van der Waals surface area contributed by atoms with Gasteiger partial charge in [0.25, 0.3) is 8.32 Å². The minimum Gasteiger partial charge on any atom is -0.541 e. The number of rotatable bonds is 3. The van der Waals surface area contributed by atoms with Crippen molar-refractivity contribution in [3.8, 4) is 5.75 Å². The Hall–Kier alpha value is -3.30. The maximum Gasteiger partial charge on any atom is 0.401 e. The molecule has 0 spiro atoms. The van der Waals surface area contributed by atoms with Gasteiger partial charge in [-0.1, -0.05) is 44.0 Å². The zero-order chi connectivity index (χ0) is 30.1. The van der Waals surface area contributed by atoms with Crippen molar-refractivity contribution in [2.24, 2.45) is 4.99 Å². The summed E-state index contributed by atoms with van der Waals surface area (Å²) in [5, 5.41) is 9.68. The topological polar surface area (TPSA) is 105 Å². The summed E-state index contributed by atoms with van der Waals surface area (Å²) < 4.78 is 51.8. The average molecular weight is 631 g/mol. The van der Waals surface area contributed by atoms with Crippen molar-refractivity contribution in [1.82, 2.24) is 34.8 Å². The molecule has 0 saturated carbocycles. The van der Waals surface area contributed by atoms with Crippen molar-refractivity contribution in [2.75, 3.05) is 18.1 Å². The smallest absolute Gasteiger partial charge is 0.401 e. The van der Waals surface area contributed by atoms with Crippen molar-refractivity contribution >= 4 is 54.7 Å². The molecular weight excluding hydrogens is 602 g/mol. The maximum absolute atomic E-state index is 14.3. The molecule has 220 valence electrons. The maximum atomic E-state index is 14.3. The van der Waals surface area contributed by atoms with E-state index in [1.54, 1.807) is 12.4 Å². The van der Waals surface area contributed by atoms with Gasteiger partial charge in [0.05, 0.1) is 30.0 Å². The second kappa shape index (κ2) is 9.63. The molecule has 5 rings (SSSR count). The highest BCUT2D eigenvalue weighted by atomic mass is 35.5. The fourth-order valence-corrected chi connectivity index (χ4v) is 5.74. The number of amides is 2. The number of carbonyl (C=O) groups excluding carboxylic acids is 1. The van der Waals surface area contributed by atoms with Crippen molar-refractivity contribution in [1.29, 1.82) is 0 Å². The molecule has 5 heterocycles. The van der Waals surface area contributed by atoms with E-state index >= 15 is 0 Å². The molecule has 2 aliphatic rings. The number of allylic oxidation sites excluding steroid dienone is 1. The minimum absolute atomic E-state index is 0.00535. The third-order valence-corrected chi connectivity index (χ3v) is 12.5. The molecule has 41 heavy (non-hydrogen) atoms. The Morgan fingerprint density at radius 2 is 1.90 bits per heavy atom. The van der Waals surface area contributed by atoms with Crippen LogP contribution in [0.2, 0.25) is 23.3 Å². The number of aromatic nitrogens is 5. The first-order chi connectivity index (χ1) is 18.9. The monoisotopic (exact) mass is 629 g/mol. The van der Waals surface area contributed by atoms with E-state index < -0.39 is 32.5 Å². The lowest BCUT2D eigenvalue weighted by Crippen LogP contribution is -2.51. The number of hydrogen-bond donors (Lipinski definition) is 1. The van der Waals surface area contributed by atoms with Gasteiger partial charge in [0.15, 0.2) is 16.6 Å². The molecule has 2 amide bonds. The highest BCUT2D eigenvalue weighted by Gasteiger charge is 2.60. The van der Waals surface area contributed by atoms with E-state index in [4.69, 9.17) is 27.6 Å². The SMILES string of the molecule is CC(C)(C)[Si](C)(C)Oc1cnn(C2=NCN(NC(=O)N3C[C@@](C)(C(F)(F)F)c4c3cnc3cc(Cl)nn43)C=C2Cl)c1. The van der Waals surface area contributed by atoms with Crippen LogP contribution in [0.25, 0.3) is 5.65 Å². The first-order valence-corrected chi connectivity index (χ1v) is 16.2. The summed E-state index contributed by atoms with van der Waals surface area (Å²) in [6, 6.07) is 0.515. The van der Waals surface area contributed by atoms with Gasteiger partial charge in [-0.2, -0.15) is 23.4 Å². The molecule has 3 aromatic heterocycles. The highest BCUT2D eigenvalue weighted by Crippen LogP contribution is 2.50. The predicted octanol–water partition coefficient (Wildman–Crippen LogP) is 5.53. The summed E-state index contributed by atoms with van der Waals surface area (Å²) in [6.07, 6.45) is 1.18.